The fraction of sp³-hybridized carbons (Fsp3) is 0.807. The van der Waals surface area contributed by atoms with E-state index in [0.717, 1.165) is 20.3 Å². The van der Waals surface area contributed by atoms with E-state index in [2.05, 4.69) is 85.1 Å². The SMILES string of the molecule is CC(C)CCCCC(=O)N[C@@H](CCNCS(=O)(=O)O)C(=O)N[C@H](C(=O)N[C@@H](CCNCS(=O)(=O)O)C(=O)NC1CCNC(=O)C([C@@H](C)O)NC(=O)[C@H](CCNCS(=O)(=O)O)NC(=O)[C@H](CCNCS(=O)(=O)O)NC(=O)[C@H](CC(C)C)NC(=O)[C@@H](CC(C)C)NC(=O)C(CCNCS(=O)(=O)O)NC1=O)[C@@H](C)O. The predicted octanol–water partition coefficient (Wildman–Crippen LogP) is -8.45. The van der Waals surface area contributed by atoms with Gasteiger partial charge in [-0.1, -0.05) is 54.4 Å². The molecule has 614 valence electrons. The van der Waals surface area contributed by atoms with Crippen molar-refractivity contribution in [3.05, 3.63) is 0 Å². The normalized spacial score (nSPS) is 21.3. The van der Waals surface area contributed by atoms with Crippen molar-refractivity contribution in [1.29, 1.82) is 0 Å². The molecule has 11 amide bonds. The van der Waals surface area contributed by atoms with Gasteiger partial charge in [0.25, 0.3) is 50.6 Å². The molecule has 1 saturated heterocycles. The Morgan fingerprint density at radius 2 is 0.774 bits per heavy atom. The van der Waals surface area contributed by atoms with Gasteiger partial charge in [0.1, 0.15) is 89.8 Å². The predicted molar refractivity (Wildman–Crippen MR) is 378 cm³/mol. The molecule has 12 atom stereocenters. The monoisotopic (exact) mass is 1620 g/mol. The van der Waals surface area contributed by atoms with Gasteiger partial charge in [-0.25, -0.2) is 0 Å². The lowest BCUT2D eigenvalue weighted by atomic mass is 9.99. The maximum Gasteiger partial charge on any atom is 0.278 e. The van der Waals surface area contributed by atoms with E-state index in [-0.39, 0.29) is 32.2 Å². The zero-order valence-corrected chi connectivity index (χ0v) is 64.3. The molecule has 0 aromatic rings. The summed E-state index contributed by atoms with van der Waals surface area (Å²) in [7, 11) is -23.5. The lowest BCUT2D eigenvalue weighted by molar-refractivity contribution is -0.137. The number of aliphatic hydroxyl groups is 2. The number of carbonyl (C=O) groups is 11. The Morgan fingerprint density at radius 3 is 1.14 bits per heavy atom. The number of rotatable bonds is 43. The number of hydrogen-bond donors (Lipinski definition) is 23. The summed E-state index contributed by atoms with van der Waals surface area (Å²) in [5.74, 6) is -19.1. The highest BCUT2D eigenvalue weighted by atomic mass is 32.2. The van der Waals surface area contributed by atoms with Crippen LogP contribution in [0.3, 0.4) is 0 Å². The molecule has 49 heteroatoms. The molecule has 0 aromatic carbocycles. The first-order valence-electron chi connectivity index (χ1n) is 33.8. The van der Waals surface area contributed by atoms with Crippen LogP contribution in [0.1, 0.15) is 132 Å². The van der Waals surface area contributed by atoms with Crippen LogP contribution >= 0.6 is 0 Å². The number of carbonyl (C=O) groups excluding carboxylic acids is 11. The fourth-order valence-electron chi connectivity index (χ4n) is 10.0. The van der Waals surface area contributed by atoms with Gasteiger partial charge in [0.15, 0.2) is 0 Å². The van der Waals surface area contributed by atoms with Gasteiger partial charge < -0.3 is 95.3 Å². The van der Waals surface area contributed by atoms with E-state index in [0.29, 0.717) is 18.8 Å². The second-order valence-electron chi connectivity index (χ2n) is 26.6. The molecule has 0 radical (unpaired) electrons. The van der Waals surface area contributed by atoms with E-state index in [9.17, 15) is 128 Å². The van der Waals surface area contributed by atoms with E-state index >= 15 is 0 Å². The summed E-state index contributed by atoms with van der Waals surface area (Å²) in [6.45, 7) is 9.15. The molecule has 1 aliphatic rings. The van der Waals surface area contributed by atoms with Crippen molar-refractivity contribution >= 4 is 116 Å². The van der Waals surface area contributed by atoms with Crippen molar-refractivity contribution in [3.8, 4) is 0 Å². The summed E-state index contributed by atoms with van der Waals surface area (Å²) < 4.78 is 163. The van der Waals surface area contributed by atoms with Crippen LogP contribution < -0.4 is 85.1 Å². The Kier molecular flexibility index (Phi) is 43.6. The van der Waals surface area contributed by atoms with Crippen LogP contribution in [0.15, 0.2) is 0 Å². The Hall–Kier alpha value is -6.56. The van der Waals surface area contributed by atoms with Crippen LogP contribution in [0.25, 0.3) is 0 Å². The highest BCUT2D eigenvalue weighted by molar-refractivity contribution is 7.86. The molecule has 23 N–H and O–H groups in total. The average Bonchev–Trinajstić information content (AvgIpc) is 0.895. The van der Waals surface area contributed by atoms with Gasteiger partial charge >= 0.3 is 0 Å². The number of hydrogen-bond acceptors (Lipinski definition) is 28. The van der Waals surface area contributed by atoms with Crippen LogP contribution in [-0.2, 0) is 103 Å². The summed E-state index contributed by atoms with van der Waals surface area (Å²) in [4.78, 5) is 158. The molecular formula is C57H108N16O28S5. The summed E-state index contributed by atoms with van der Waals surface area (Å²) >= 11 is 0. The van der Waals surface area contributed by atoms with E-state index in [4.69, 9.17) is 0 Å². The molecule has 0 spiro atoms. The van der Waals surface area contributed by atoms with Crippen molar-refractivity contribution in [2.75, 3.05) is 68.7 Å². The molecule has 3 unspecified atom stereocenters. The lowest BCUT2D eigenvalue weighted by Gasteiger charge is -2.29. The summed E-state index contributed by atoms with van der Waals surface area (Å²) in [6.07, 6.45) is -6.15. The molecule has 0 aliphatic carbocycles. The first-order valence-corrected chi connectivity index (χ1v) is 41.9. The third-order valence-corrected chi connectivity index (χ3v) is 18.1. The number of nitrogens with one attached hydrogen (secondary N) is 16. The van der Waals surface area contributed by atoms with Gasteiger partial charge in [0.2, 0.25) is 65.0 Å². The second kappa shape index (κ2) is 47.4. The number of unbranched alkanes of at least 4 members (excludes halogenated alkanes) is 1. The highest BCUT2D eigenvalue weighted by Gasteiger charge is 2.38. The zero-order chi connectivity index (χ0) is 81.1. The van der Waals surface area contributed by atoms with Crippen molar-refractivity contribution in [2.24, 2.45) is 17.8 Å². The molecule has 0 saturated carbocycles. The van der Waals surface area contributed by atoms with Crippen molar-refractivity contribution in [2.45, 2.75) is 205 Å². The molecule has 0 bridgehead atoms. The van der Waals surface area contributed by atoms with Gasteiger partial charge in [-0.3, -0.25) is 75.5 Å². The van der Waals surface area contributed by atoms with Crippen molar-refractivity contribution < 1.29 is 128 Å². The zero-order valence-electron chi connectivity index (χ0n) is 60.2. The lowest BCUT2D eigenvalue weighted by Crippen LogP contribution is -2.62. The maximum atomic E-state index is 14.9. The van der Waals surface area contributed by atoms with Crippen LogP contribution in [0.2, 0.25) is 0 Å². The number of amides is 11. The molecule has 1 rings (SSSR count). The third kappa shape index (κ3) is 44.7. The first kappa shape index (κ1) is 97.5. The van der Waals surface area contributed by atoms with Gasteiger partial charge in [0, 0.05) is 13.0 Å². The number of aliphatic hydroxyl groups excluding tert-OH is 2. The Labute approximate surface area is 616 Å². The maximum absolute atomic E-state index is 14.9. The molecule has 1 aliphatic heterocycles. The molecule has 44 nitrogen and oxygen atoms in total. The minimum atomic E-state index is -4.77. The van der Waals surface area contributed by atoms with Crippen molar-refractivity contribution in [1.82, 2.24) is 85.1 Å². The Morgan fingerprint density at radius 1 is 0.415 bits per heavy atom. The summed E-state index contributed by atoms with van der Waals surface area (Å²) in [5, 5.41) is 59.6. The van der Waals surface area contributed by atoms with Gasteiger partial charge in [0.05, 0.1) is 12.2 Å². The summed E-state index contributed by atoms with van der Waals surface area (Å²) in [6, 6.07) is -18.5. The van der Waals surface area contributed by atoms with Gasteiger partial charge in [-0.15, -0.1) is 0 Å². The smallest absolute Gasteiger partial charge is 0.278 e. The van der Waals surface area contributed by atoms with Crippen LogP contribution in [0.5, 0.6) is 0 Å². The van der Waals surface area contributed by atoms with Gasteiger partial charge in [-0.05, 0) is 122 Å². The molecular weight excluding hydrogens is 1520 g/mol. The highest BCUT2D eigenvalue weighted by Crippen LogP contribution is 2.14. The second-order valence-corrected chi connectivity index (χ2v) is 33.8. The first-order chi connectivity index (χ1) is 48.9. The quantitative estimate of drug-likeness (QED) is 0.0199. The topological polar surface area (TPSA) is 693 Å². The largest absolute Gasteiger partial charge is 0.391 e. The van der Waals surface area contributed by atoms with Gasteiger partial charge in [-0.2, -0.15) is 42.1 Å². The van der Waals surface area contributed by atoms with E-state index in [1.807, 2.05) is 13.8 Å². The minimum Gasteiger partial charge on any atom is -0.391 e. The molecule has 106 heavy (non-hydrogen) atoms. The van der Waals surface area contributed by atoms with E-state index in [1.165, 1.54) is 0 Å². The fourth-order valence-corrected chi connectivity index (χ4v) is 12.0. The molecule has 1 fully saturated rings. The third-order valence-electron chi connectivity index (χ3n) is 15.3. The minimum absolute atomic E-state index is 0.0884. The molecule has 0 aromatic heterocycles. The Bertz CT molecular complexity index is 3500. The van der Waals surface area contributed by atoms with Crippen molar-refractivity contribution in [3.63, 3.8) is 0 Å². The van der Waals surface area contributed by atoms with Crippen LogP contribution in [0, 0.1) is 17.8 Å². The van der Waals surface area contributed by atoms with E-state index < -0.39 is 294 Å². The standard InChI is InChI=1S/C57H108N16O28S5/c1-32(2)11-9-10-12-45(76)64-37(13-19-58-27-102(87,88)89)52(81)73-47(36(8)75)57(86)69-40(16-22-61-30-105(96,97)98)49(78)67-42-18-24-63-56(85)46(35(7)74)72-53(82)41(17-23-62-31-106(99,100)101)66-48(77)38(14-20-59-28-103(90,91)92)68-54(83)43(25-33(3)4)71-55(84)44(26-34(5)6)70-51(80)39(65-50(42)79)15-21-60-29-104(93,94)95/h32-44,46-47,58-62,74-75H,9-31H2,1-8H3,(H,63,85)(H,64,76)(H,65,79)(H,66,77)(H,67,78)(H,68,83)(H,69,86)(H,70,80)(H,71,84)(H,72,82)(H,73,81)(H,87,88,89)(H,90,91,92)(H,93,94,95)(H,96,97,98)(H,99,100,101)/t35-,36-,37+,38+,39?,40+,41+,42?,43+,44-,46?,47+/m1/s1. The van der Waals surface area contributed by atoms with Crippen LogP contribution in [0.4, 0.5) is 0 Å². The molecule has 1 heterocycles. The summed E-state index contributed by atoms with van der Waals surface area (Å²) in [5.41, 5.74) is 0. The van der Waals surface area contributed by atoms with Crippen LogP contribution in [-0.4, -0.2) is 281 Å². The average molecular weight is 1630 g/mol. The van der Waals surface area contributed by atoms with E-state index in [1.54, 1.807) is 27.7 Å². The Balaban J connectivity index is 4.34.